The highest BCUT2D eigenvalue weighted by Gasteiger charge is 2.07. The van der Waals surface area contributed by atoms with Gasteiger partial charge in [-0.25, -0.2) is 8.78 Å². The van der Waals surface area contributed by atoms with E-state index in [1.54, 1.807) is 30.3 Å². The number of rotatable bonds is 4. The number of hydrogen-bond donors (Lipinski definition) is 1. The molecule has 2 rings (SSSR count). The maximum Gasteiger partial charge on any atom is 0.244 e. The molecule has 0 aliphatic carbocycles. The van der Waals surface area contributed by atoms with Crippen molar-refractivity contribution >= 4 is 12.0 Å². The van der Waals surface area contributed by atoms with Gasteiger partial charge in [-0.3, -0.25) is 4.79 Å². The van der Waals surface area contributed by atoms with Gasteiger partial charge in [0, 0.05) is 6.08 Å². The fourth-order valence-electron chi connectivity index (χ4n) is 1.84. The van der Waals surface area contributed by atoms with Crippen molar-refractivity contribution < 1.29 is 13.6 Å². The third kappa shape index (κ3) is 4.53. The van der Waals surface area contributed by atoms with Gasteiger partial charge in [-0.05, 0) is 48.4 Å². The van der Waals surface area contributed by atoms with Crippen LogP contribution in [0.1, 0.15) is 24.1 Å². The third-order valence-corrected chi connectivity index (χ3v) is 3.03. The second-order valence-corrected chi connectivity index (χ2v) is 4.67. The largest absolute Gasteiger partial charge is 0.346 e. The molecule has 1 N–H and O–H groups in total. The van der Waals surface area contributed by atoms with E-state index in [2.05, 4.69) is 5.32 Å². The normalized spacial score (nSPS) is 12.3. The molecule has 0 aliphatic heterocycles. The van der Waals surface area contributed by atoms with Crippen molar-refractivity contribution in [3.05, 3.63) is 77.4 Å². The van der Waals surface area contributed by atoms with Crippen LogP contribution in [0.15, 0.2) is 54.6 Å². The zero-order valence-corrected chi connectivity index (χ0v) is 11.5. The van der Waals surface area contributed by atoms with E-state index in [4.69, 9.17) is 0 Å². The van der Waals surface area contributed by atoms with Crippen LogP contribution in [0.25, 0.3) is 6.08 Å². The molecule has 108 valence electrons. The number of nitrogens with one attached hydrogen (secondary N) is 1. The molecule has 0 spiro atoms. The summed E-state index contributed by atoms with van der Waals surface area (Å²) in [6, 6.07) is 11.6. The first kappa shape index (κ1) is 14.9. The molecule has 2 aromatic rings. The van der Waals surface area contributed by atoms with Crippen molar-refractivity contribution in [2.45, 2.75) is 13.0 Å². The van der Waals surface area contributed by atoms with Gasteiger partial charge in [-0.15, -0.1) is 0 Å². The molecule has 1 amide bonds. The predicted molar refractivity (Wildman–Crippen MR) is 78.4 cm³/mol. The summed E-state index contributed by atoms with van der Waals surface area (Å²) < 4.78 is 25.6. The monoisotopic (exact) mass is 287 g/mol. The van der Waals surface area contributed by atoms with Gasteiger partial charge in [0.25, 0.3) is 0 Å². The molecule has 0 aliphatic rings. The second-order valence-electron chi connectivity index (χ2n) is 4.67. The van der Waals surface area contributed by atoms with E-state index in [9.17, 15) is 13.6 Å². The first-order valence-electron chi connectivity index (χ1n) is 6.54. The van der Waals surface area contributed by atoms with Crippen LogP contribution in [0.5, 0.6) is 0 Å². The summed E-state index contributed by atoms with van der Waals surface area (Å²) in [7, 11) is 0. The van der Waals surface area contributed by atoms with E-state index in [0.717, 1.165) is 11.1 Å². The number of carbonyl (C=O) groups is 1. The van der Waals surface area contributed by atoms with Gasteiger partial charge in [-0.1, -0.05) is 24.3 Å². The zero-order valence-electron chi connectivity index (χ0n) is 11.5. The Morgan fingerprint density at radius 3 is 2.10 bits per heavy atom. The average molecular weight is 287 g/mol. The average Bonchev–Trinajstić information content (AvgIpc) is 2.47. The molecule has 21 heavy (non-hydrogen) atoms. The predicted octanol–water partition coefficient (Wildman–Crippen LogP) is 3.86. The van der Waals surface area contributed by atoms with E-state index < -0.39 is 0 Å². The van der Waals surface area contributed by atoms with Crippen LogP contribution in [0, 0.1) is 11.6 Å². The van der Waals surface area contributed by atoms with Gasteiger partial charge in [0.05, 0.1) is 6.04 Å². The number of carbonyl (C=O) groups excluding carboxylic acids is 1. The molecule has 0 saturated carbocycles. The zero-order chi connectivity index (χ0) is 15.2. The van der Waals surface area contributed by atoms with Crippen LogP contribution in [0.3, 0.4) is 0 Å². The summed E-state index contributed by atoms with van der Waals surface area (Å²) in [5.41, 5.74) is 1.56. The Hall–Kier alpha value is -2.49. The Morgan fingerprint density at radius 2 is 1.52 bits per heavy atom. The van der Waals surface area contributed by atoms with Crippen molar-refractivity contribution in [1.29, 1.82) is 0 Å². The first-order chi connectivity index (χ1) is 10.0. The Labute approximate surface area is 122 Å². The van der Waals surface area contributed by atoms with Gasteiger partial charge in [0.15, 0.2) is 0 Å². The first-order valence-corrected chi connectivity index (χ1v) is 6.54. The molecular weight excluding hydrogens is 272 g/mol. The fourth-order valence-corrected chi connectivity index (χ4v) is 1.84. The number of benzene rings is 2. The number of amides is 1. The number of hydrogen-bond acceptors (Lipinski definition) is 1. The van der Waals surface area contributed by atoms with Crippen molar-refractivity contribution in [1.82, 2.24) is 5.32 Å². The van der Waals surface area contributed by atoms with Gasteiger partial charge in [0.1, 0.15) is 11.6 Å². The van der Waals surface area contributed by atoms with Crippen LogP contribution in [0.4, 0.5) is 8.78 Å². The molecule has 0 unspecified atom stereocenters. The van der Waals surface area contributed by atoms with Crippen molar-refractivity contribution in [3.63, 3.8) is 0 Å². The molecule has 0 heterocycles. The topological polar surface area (TPSA) is 29.1 Å². The second kappa shape index (κ2) is 6.79. The van der Waals surface area contributed by atoms with Crippen molar-refractivity contribution in [2.24, 2.45) is 0 Å². The van der Waals surface area contributed by atoms with Crippen LogP contribution in [-0.2, 0) is 4.79 Å². The lowest BCUT2D eigenvalue weighted by atomic mass is 10.1. The highest BCUT2D eigenvalue weighted by Crippen LogP contribution is 2.13. The van der Waals surface area contributed by atoms with E-state index in [1.807, 2.05) is 6.92 Å². The molecule has 4 heteroatoms. The summed E-state index contributed by atoms with van der Waals surface area (Å²) in [5, 5.41) is 2.77. The quantitative estimate of drug-likeness (QED) is 0.850. The van der Waals surface area contributed by atoms with Crippen LogP contribution in [-0.4, -0.2) is 5.91 Å². The molecule has 0 saturated heterocycles. The van der Waals surface area contributed by atoms with E-state index in [1.165, 1.54) is 30.3 Å². The van der Waals surface area contributed by atoms with Crippen LogP contribution in [0.2, 0.25) is 0 Å². The molecule has 0 radical (unpaired) electrons. The summed E-state index contributed by atoms with van der Waals surface area (Å²) in [4.78, 5) is 11.8. The number of halogens is 2. The van der Waals surface area contributed by atoms with Gasteiger partial charge >= 0.3 is 0 Å². The van der Waals surface area contributed by atoms with Crippen molar-refractivity contribution in [2.75, 3.05) is 0 Å². The van der Waals surface area contributed by atoms with Crippen LogP contribution < -0.4 is 5.32 Å². The highest BCUT2D eigenvalue weighted by atomic mass is 19.1. The lowest BCUT2D eigenvalue weighted by Gasteiger charge is -2.12. The molecule has 0 fully saturated rings. The van der Waals surface area contributed by atoms with Gasteiger partial charge in [0.2, 0.25) is 5.91 Å². The minimum absolute atomic E-state index is 0.226. The van der Waals surface area contributed by atoms with E-state index >= 15 is 0 Å². The van der Waals surface area contributed by atoms with E-state index in [0.29, 0.717) is 0 Å². The maximum atomic E-state index is 12.8. The lowest BCUT2D eigenvalue weighted by Crippen LogP contribution is -2.24. The minimum atomic E-state index is -0.318. The van der Waals surface area contributed by atoms with E-state index in [-0.39, 0.29) is 23.6 Å². The van der Waals surface area contributed by atoms with Crippen LogP contribution >= 0.6 is 0 Å². The SMILES string of the molecule is C[C@H](NC(=O)/C=C/c1ccc(F)cc1)c1ccc(F)cc1. The summed E-state index contributed by atoms with van der Waals surface area (Å²) in [6.07, 6.45) is 2.99. The minimum Gasteiger partial charge on any atom is -0.346 e. The molecule has 1 atom stereocenters. The summed E-state index contributed by atoms with van der Waals surface area (Å²) >= 11 is 0. The molecule has 2 aromatic carbocycles. The third-order valence-electron chi connectivity index (χ3n) is 3.03. The Morgan fingerprint density at radius 1 is 1.00 bits per heavy atom. The Balaban J connectivity index is 1.94. The molecule has 0 aromatic heterocycles. The molecule has 2 nitrogen and oxygen atoms in total. The summed E-state index contributed by atoms with van der Waals surface area (Å²) in [6.45, 7) is 1.82. The smallest absolute Gasteiger partial charge is 0.244 e. The highest BCUT2D eigenvalue weighted by molar-refractivity contribution is 5.91. The standard InChI is InChI=1S/C17H15F2NO/c1-12(14-5-9-16(19)10-6-14)20-17(21)11-4-13-2-7-15(18)8-3-13/h2-12H,1H3,(H,20,21)/b11-4+/t12-/m0/s1. The van der Waals surface area contributed by atoms with Gasteiger partial charge < -0.3 is 5.32 Å². The summed E-state index contributed by atoms with van der Waals surface area (Å²) in [5.74, 6) is -0.897. The Bertz CT molecular complexity index is 633. The Kier molecular flexibility index (Phi) is 4.82. The molecular formula is C17H15F2NO. The molecule has 0 bridgehead atoms. The fraction of sp³-hybridized carbons (Fsp3) is 0.118. The van der Waals surface area contributed by atoms with Gasteiger partial charge in [-0.2, -0.15) is 0 Å². The maximum absolute atomic E-state index is 12.8. The lowest BCUT2D eigenvalue weighted by molar-refractivity contribution is -0.117. The van der Waals surface area contributed by atoms with Crippen molar-refractivity contribution in [3.8, 4) is 0 Å².